The number of rotatable bonds is 2. The third kappa shape index (κ3) is 2.52. The third-order valence-corrected chi connectivity index (χ3v) is 4.56. The summed E-state index contributed by atoms with van der Waals surface area (Å²) in [5.74, 6) is 0.280. The predicted octanol–water partition coefficient (Wildman–Crippen LogP) is 3.89. The molecular weight excluding hydrogens is 286 g/mol. The Morgan fingerprint density at radius 1 is 1.13 bits per heavy atom. The number of fused-ring (bicyclic) bond motifs is 1. The van der Waals surface area contributed by atoms with E-state index in [9.17, 15) is 4.79 Å². The molecule has 118 valence electrons. The maximum absolute atomic E-state index is 11.6. The highest BCUT2D eigenvalue weighted by atomic mass is 16.5. The van der Waals surface area contributed by atoms with E-state index in [1.807, 2.05) is 12.2 Å². The van der Waals surface area contributed by atoms with Gasteiger partial charge in [0, 0.05) is 23.8 Å². The summed E-state index contributed by atoms with van der Waals surface area (Å²) in [4.78, 5) is 13.8. The average Bonchev–Trinajstić information content (AvgIpc) is 2.74. The molecule has 1 heterocycles. The largest absolute Gasteiger partial charge is 0.493 e. The zero-order valence-corrected chi connectivity index (χ0v) is 14.0. The molecule has 1 aliphatic carbocycles. The highest BCUT2D eigenvalue weighted by Crippen LogP contribution is 2.46. The first-order chi connectivity index (χ1) is 10.9. The third-order valence-electron chi connectivity index (χ3n) is 4.56. The minimum absolute atomic E-state index is 0.0512. The number of ether oxygens (including phenoxy) is 1. The van der Waals surface area contributed by atoms with Crippen LogP contribution in [0.3, 0.4) is 0 Å². The van der Waals surface area contributed by atoms with Crippen molar-refractivity contribution in [3.63, 3.8) is 0 Å². The van der Waals surface area contributed by atoms with E-state index >= 15 is 0 Å². The molecule has 0 saturated heterocycles. The minimum Gasteiger partial charge on any atom is -0.493 e. The van der Waals surface area contributed by atoms with Crippen LogP contribution in [-0.2, 0) is 14.9 Å². The summed E-state index contributed by atoms with van der Waals surface area (Å²) >= 11 is 0. The Bertz CT molecular complexity index is 779. The number of hydrogen-bond donors (Lipinski definition) is 0. The Hall–Kier alpha value is -2.55. The van der Waals surface area contributed by atoms with Crippen molar-refractivity contribution in [3.8, 4) is 0 Å². The van der Waals surface area contributed by atoms with Crippen LogP contribution in [0.2, 0.25) is 0 Å². The summed E-state index contributed by atoms with van der Waals surface area (Å²) in [6.45, 7) is 4.46. The van der Waals surface area contributed by atoms with Crippen molar-refractivity contribution < 1.29 is 9.53 Å². The maximum atomic E-state index is 11.6. The second kappa shape index (κ2) is 5.58. The number of likely N-dealkylation sites (N-methyl/N-ethyl adjacent to an activating group) is 1. The van der Waals surface area contributed by atoms with Gasteiger partial charge in [0.25, 0.3) is 0 Å². The van der Waals surface area contributed by atoms with Gasteiger partial charge in [-0.05, 0) is 35.4 Å². The van der Waals surface area contributed by atoms with Gasteiger partial charge in [-0.25, -0.2) is 0 Å². The van der Waals surface area contributed by atoms with E-state index in [4.69, 9.17) is 4.74 Å². The van der Waals surface area contributed by atoms with Crippen molar-refractivity contribution in [2.24, 2.45) is 0 Å². The van der Waals surface area contributed by atoms with Crippen molar-refractivity contribution >= 4 is 11.5 Å². The molecule has 3 nitrogen and oxygen atoms in total. The lowest BCUT2D eigenvalue weighted by atomic mass is 9.83. The van der Waals surface area contributed by atoms with Crippen LogP contribution in [0, 0.1) is 0 Å². The Kier molecular flexibility index (Phi) is 3.72. The van der Waals surface area contributed by atoms with E-state index in [0.29, 0.717) is 5.76 Å². The van der Waals surface area contributed by atoms with Gasteiger partial charge in [0.05, 0.1) is 7.11 Å². The molecule has 1 aromatic carbocycles. The molecule has 0 radical (unpaired) electrons. The number of nitrogens with zero attached hydrogens (tertiary/aromatic N) is 1. The first kappa shape index (κ1) is 15.3. The molecule has 23 heavy (non-hydrogen) atoms. The van der Waals surface area contributed by atoms with Gasteiger partial charge in [0.1, 0.15) is 0 Å². The molecule has 3 heteroatoms. The second-order valence-corrected chi connectivity index (χ2v) is 6.33. The van der Waals surface area contributed by atoms with Crippen LogP contribution in [0.4, 0.5) is 5.69 Å². The fraction of sp³-hybridized carbons (Fsp3) is 0.250. The molecule has 0 amide bonds. The average molecular weight is 307 g/mol. The second-order valence-electron chi connectivity index (χ2n) is 6.33. The molecular formula is C20H21NO2. The van der Waals surface area contributed by atoms with Gasteiger partial charge in [0.15, 0.2) is 5.76 Å². The van der Waals surface area contributed by atoms with Crippen LogP contribution in [-0.4, -0.2) is 19.9 Å². The van der Waals surface area contributed by atoms with Crippen molar-refractivity contribution in [2.75, 3.05) is 19.1 Å². The number of methoxy groups -OCH3 is 1. The number of ketones is 1. The quantitative estimate of drug-likeness (QED) is 0.830. The molecule has 2 aliphatic rings. The van der Waals surface area contributed by atoms with Crippen LogP contribution in [0.1, 0.15) is 19.4 Å². The first-order valence-electron chi connectivity index (χ1n) is 7.69. The summed E-state index contributed by atoms with van der Waals surface area (Å²) in [6, 6.07) is 8.48. The Balaban J connectivity index is 1.98. The molecule has 1 aromatic rings. The van der Waals surface area contributed by atoms with Gasteiger partial charge in [-0.15, -0.1) is 0 Å². The molecule has 1 aliphatic heterocycles. The van der Waals surface area contributed by atoms with Gasteiger partial charge in [-0.2, -0.15) is 0 Å². The molecule has 3 rings (SSSR count). The highest BCUT2D eigenvalue weighted by Gasteiger charge is 2.37. The molecule has 0 fully saturated rings. The number of para-hydroxylation sites is 1. The van der Waals surface area contributed by atoms with Crippen LogP contribution in [0.5, 0.6) is 0 Å². The number of benzene rings is 1. The van der Waals surface area contributed by atoms with Crippen LogP contribution in [0.25, 0.3) is 0 Å². The highest BCUT2D eigenvalue weighted by molar-refractivity contribution is 6.04. The van der Waals surface area contributed by atoms with Crippen LogP contribution in [0.15, 0.2) is 71.7 Å². The zero-order valence-electron chi connectivity index (χ0n) is 14.0. The van der Waals surface area contributed by atoms with E-state index in [-0.39, 0.29) is 11.2 Å². The van der Waals surface area contributed by atoms with Gasteiger partial charge < -0.3 is 9.64 Å². The lowest BCUT2D eigenvalue weighted by Crippen LogP contribution is -2.22. The maximum Gasteiger partial charge on any atom is 0.220 e. The van der Waals surface area contributed by atoms with E-state index in [1.165, 1.54) is 24.1 Å². The summed E-state index contributed by atoms with van der Waals surface area (Å²) in [5, 5.41) is 0. The Morgan fingerprint density at radius 2 is 1.87 bits per heavy atom. The molecule has 0 aromatic heterocycles. The summed E-state index contributed by atoms with van der Waals surface area (Å²) < 4.78 is 5.11. The molecule has 0 N–H and O–H groups in total. The SMILES string of the molecule is COC1=C/C(=C\C=C2/N(C)c3ccccc3C2(C)C)C=CC1=O. The standard InChI is InChI=1S/C20H21NO2/c1-20(2)15-7-5-6-8-16(15)21(3)19(20)12-10-14-9-11-17(22)18(13-14)23-4/h5-13H,1-4H3/b14-10-,19-12-. The van der Waals surface area contributed by atoms with E-state index in [1.54, 1.807) is 12.2 Å². The predicted molar refractivity (Wildman–Crippen MR) is 93.3 cm³/mol. The minimum atomic E-state index is -0.0944. The molecule has 0 saturated carbocycles. The van der Waals surface area contributed by atoms with Crippen LogP contribution >= 0.6 is 0 Å². The topological polar surface area (TPSA) is 29.5 Å². The number of carbonyl (C=O) groups excluding carboxylic acids is 1. The van der Waals surface area contributed by atoms with Crippen LogP contribution < -0.4 is 4.90 Å². The normalized spacial score (nSPS) is 22.5. The molecule has 0 bridgehead atoms. The summed E-state index contributed by atoms with van der Waals surface area (Å²) in [7, 11) is 3.61. The van der Waals surface area contributed by atoms with Crippen molar-refractivity contribution in [3.05, 3.63) is 77.2 Å². The number of carbonyl (C=O) groups is 1. The smallest absolute Gasteiger partial charge is 0.220 e. The van der Waals surface area contributed by atoms with Crippen molar-refractivity contribution in [1.29, 1.82) is 0 Å². The lowest BCUT2D eigenvalue weighted by Gasteiger charge is -2.23. The lowest BCUT2D eigenvalue weighted by molar-refractivity contribution is -0.114. The van der Waals surface area contributed by atoms with E-state index in [0.717, 1.165) is 5.57 Å². The van der Waals surface area contributed by atoms with Gasteiger partial charge >= 0.3 is 0 Å². The van der Waals surface area contributed by atoms with Gasteiger partial charge in [-0.3, -0.25) is 4.79 Å². The van der Waals surface area contributed by atoms with E-state index < -0.39 is 0 Å². The Labute approximate surface area is 137 Å². The Morgan fingerprint density at radius 3 is 2.57 bits per heavy atom. The molecule has 0 spiro atoms. The molecule has 0 atom stereocenters. The van der Waals surface area contributed by atoms with E-state index in [2.05, 4.69) is 56.1 Å². The number of anilines is 1. The zero-order chi connectivity index (χ0) is 16.6. The first-order valence-corrected chi connectivity index (χ1v) is 7.69. The number of hydrogen-bond acceptors (Lipinski definition) is 3. The monoisotopic (exact) mass is 307 g/mol. The fourth-order valence-electron chi connectivity index (χ4n) is 3.26. The van der Waals surface area contributed by atoms with Crippen molar-refractivity contribution in [2.45, 2.75) is 19.3 Å². The summed E-state index contributed by atoms with van der Waals surface area (Å²) in [6.07, 6.45) is 9.29. The fourth-order valence-corrected chi connectivity index (χ4v) is 3.26. The number of allylic oxidation sites excluding steroid dienone is 7. The summed E-state index contributed by atoms with van der Waals surface area (Å²) in [5.41, 5.74) is 4.70. The van der Waals surface area contributed by atoms with Gasteiger partial charge in [-0.1, -0.05) is 44.2 Å². The van der Waals surface area contributed by atoms with Crippen molar-refractivity contribution in [1.82, 2.24) is 0 Å². The van der Waals surface area contributed by atoms with Gasteiger partial charge in [0.2, 0.25) is 5.78 Å². The molecule has 0 unspecified atom stereocenters.